The first-order valence-corrected chi connectivity index (χ1v) is 9.75. The van der Waals surface area contributed by atoms with E-state index in [0.717, 1.165) is 17.3 Å². The number of benzene rings is 2. The third-order valence-corrected chi connectivity index (χ3v) is 5.30. The Balaban J connectivity index is 1.69. The monoisotopic (exact) mass is 433 g/mol. The largest absolute Gasteiger partial charge is 0.508 e. The maximum absolute atomic E-state index is 11.5. The molecule has 1 unspecified atom stereocenters. The van der Waals surface area contributed by atoms with E-state index in [0.29, 0.717) is 23.4 Å². The quantitative estimate of drug-likeness (QED) is 0.623. The molecule has 144 valence electrons. The van der Waals surface area contributed by atoms with Gasteiger partial charge in [0.05, 0.1) is 11.8 Å². The molecule has 0 bridgehead atoms. The number of hydrogen-bond donors (Lipinski definition) is 3. The van der Waals surface area contributed by atoms with Crippen LogP contribution >= 0.6 is 15.9 Å². The van der Waals surface area contributed by atoms with Gasteiger partial charge in [-0.05, 0) is 48.4 Å². The third-order valence-electron chi connectivity index (χ3n) is 4.77. The van der Waals surface area contributed by atoms with E-state index in [-0.39, 0.29) is 23.7 Å². The normalized spacial score (nSPS) is 14.9. The van der Waals surface area contributed by atoms with Gasteiger partial charge in [0, 0.05) is 16.1 Å². The van der Waals surface area contributed by atoms with Crippen molar-refractivity contribution >= 4 is 27.5 Å². The number of rotatable bonds is 6. The highest BCUT2D eigenvalue weighted by molar-refractivity contribution is 9.10. The molecule has 0 aromatic heterocycles. The summed E-state index contributed by atoms with van der Waals surface area (Å²) in [6.45, 7) is 4.26. The Morgan fingerprint density at radius 2 is 1.96 bits per heavy atom. The first kappa shape index (κ1) is 19.7. The minimum absolute atomic E-state index is 0.000763. The summed E-state index contributed by atoms with van der Waals surface area (Å²) in [5.74, 6) is 0.150. The molecule has 2 aromatic carbocycles. The number of carbonyl (C=O) groups excluding carboxylic acids is 1. The van der Waals surface area contributed by atoms with Crippen LogP contribution in [-0.4, -0.2) is 22.7 Å². The van der Waals surface area contributed by atoms with Crippen molar-refractivity contribution in [1.29, 1.82) is 0 Å². The number of halogens is 1. The molecule has 0 saturated carbocycles. The van der Waals surface area contributed by atoms with Crippen LogP contribution in [0.15, 0.2) is 40.9 Å². The summed E-state index contributed by atoms with van der Waals surface area (Å²) in [6, 6.07) is 11.2. The zero-order chi connectivity index (χ0) is 19.6. The lowest BCUT2D eigenvalue weighted by molar-refractivity contribution is -0.118. The number of phenols is 1. The highest BCUT2D eigenvalue weighted by atomic mass is 79.9. The molecule has 2 aromatic rings. The second-order valence-electron chi connectivity index (χ2n) is 7.77. The number of aliphatic hydroxyl groups is 1. The molecule has 1 heterocycles. The summed E-state index contributed by atoms with van der Waals surface area (Å²) < 4.78 is 6.55. The number of phenolic OH excluding ortho intramolecular Hbond substituents is 1. The van der Waals surface area contributed by atoms with E-state index < -0.39 is 6.10 Å². The molecule has 6 heteroatoms. The van der Waals surface area contributed by atoms with Gasteiger partial charge in [0.2, 0.25) is 0 Å². The molecule has 0 saturated heterocycles. The molecule has 27 heavy (non-hydrogen) atoms. The van der Waals surface area contributed by atoms with Crippen LogP contribution in [0, 0.1) is 5.41 Å². The number of amides is 1. The lowest BCUT2D eigenvalue weighted by Crippen LogP contribution is -2.26. The standard InChI is InChI=1S/C21H24BrNO4/c1-21(2,11-13-3-5-14(22)6-4-13)8-7-18(25)16-9-15(24)10-17-20(16)27-12-19(26)23-17/h3-6,9-10,18,24-25H,7-8,11-12H2,1-2H3,(H,23,26). The fraction of sp³-hybridized carbons (Fsp3) is 0.381. The molecule has 5 nitrogen and oxygen atoms in total. The summed E-state index contributed by atoms with van der Waals surface area (Å²) >= 11 is 3.45. The van der Waals surface area contributed by atoms with Gasteiger partial charge < -0.3 is 20.3 Å². The number of ether oxygens (including phenoxy) is 1. The average Bonchev–Trinajstić information content (AvgIpc) is 2.60. The third kappa shape index (κ3) is 5.02. The number of fused-ring (bicyclic) bond motifs is 1. The van der Waals surface area contributed by atoms with Crippen LogP contribution in [0.1, 0.15) is 43.9 Å². The SMILES string of the molecule is CC(C)(CCC(O)c1cc(O)cc2c1OCC(=O)N2)Cc1ccc(Br)cc1. The molecule has 0 aliphatic carbocycles. The van der Waals surface area contributed by atoms with E-state index in [1.165, 1.54) is 17.7 Å². The summed E-state index contributed by atoms with van der Waals surface area (Å²) in [4.78, 5) is 11.5. The Labute approximate surface area is 167 Å². The lowest BCUT2D eigenvalue weighted by Gasteiger charge is -2.28. The van der Waals surface area contributed by atoms with Crippen LogP contribution in [0.5, 0.6) is 11.5 Å². The first-order chi connectivity index (χ1) is 12.7. The van der Waals surface area contributed by atoms with Crippen molar-refractivity contribution in [2.45, 2.75) is 39.2 Å². The van der Waals surface area contributed by atoms with Crippen LogP contribution < -0.4 is 10.1 Å². The smallest absolute Gasteiger partial charge is 0.262 e. The molecule has 0 radical (unpaired) electrons. The summed E-state index contributed by atoms with van der Waals surface area (Å²) in [5.41, 5.74) is 2.15. The highest BCUT2D eigenvalue weighted by Gasteiger charge is 2.26. The molecule has 0 fully saturated rings. The summed E-state index contributed by atoms with van der Waals surface area (Å²) in [7, 11) is 0. The van der Waals surface area contributed by atoms with Crippen LogP contribution in [-0.2, 0) is 11.2 Å². The molecule has 1 atom stereocenters. The van der Waals surface area contributed by atoms with Gasteiger partial charge in [-0.15, -0.1) is 0 Å². The fourth-order valence-electron chi connectivity index (χ4n) is 3.39. The van der Waals surface area contributed by atoms with Crippen molar-refractivity contribution in [2.75, 3.05) is 11.9 Å². The topological polar surface area (TPSA) is 78.8 Å². The van der Waals surface area contributed by atoms with Crippen molar-refractivity contribution < 1.29 is 19.7 Å². The lowest BCUT2D eigenvalue weighted by atomic mass is 9.80. The Morgan fingerprint density at radius 3 is 2.67 bits per heavy atom. The molecule has 3 N–H and O–H groups in total. The van der Waals surface area contributed by atoms with E-state index >= 15 is 0 Å². The van der Waals surface area contributed by atoms with Gasteiger partial charge in [0.25, 0.3) is 5.91 Å². The predicted molar refractivity (Wildman–Crippen MR) is 108 cm³/mol. The number of nitrogens with one attached hydrogen (secondary N) is 1. The fourth-order valence-corrected chi connectivity index (χ4v) is 3.65. The molecule has 1 aliphatic rings. The van der Waals surface area contributed by atoms with Gasteiger partial charge in [-0.2, -0.15) is 0 Å². The second-order valence-corrected chi connectivity index (χ2v) is 8.69. The van der Waals surface area contributed by atoms with E-state index in [1.54, 1.807) is 0 Å². The maximum Gasteiger partial charge on any atom is 0.262 e. The molecule has 3 rings (SSSR count). The zero-order valence-corrected chi connectivity index (χ0v) is 17.0. The van der Waals surface area contributed by atoms with Gasteiger partial charge >= 0.3 is 0 Å². The minimum Gasteiger partial charge on any atom is -0.508 e. The molecule has 1 amide bonds. The van der Waals surface area contributed by atoms with Crippen LogP contribution in [0.3, 0.4) is 0 Å². The summed E-state index contributed by atoms with van der Waals surface area (Å²) in [5, 5.41) is 23.3. The van der Waals surface area contributed by atoms with Gasteiger partial charge in [0.1, 0.15) is 11.5 Å². The molecular weight excluding hydrogens is 410 g/mol. The summed E-state index contributed by atoms with van der Waals surface area (Å²) in [6.07, 6.45) is 1.43. The Kier molecular flexibility index (Phi) is 5.77. The van der Waals surface area contributed by atoms with Gasteiger partial charge in [-0.1, -0.05) is 41.9 Å². The molecular formula is C21H24BrNO4. The van der Waals surface area contributed by atoms with Crippen molar-refractivity contribution in [3.63, 3.8) is 0 Å². The van der Waals surface area contributed by atoms with E-state index in [1.807, 2.05) is 12.1 Å². The Bertz CT molecular complexity index is 833. The van der Waals surface area contributed by atoms with Gasteiger partial charge in [0.15, 0.2) is 6.61 Å². The Morgan fingerprint density at radius 1 is 1.26 bits per heavy atom. The first-order valence-electron chi connectivity index (χ1n) is 8.95. The van der Waals surface area contributed by atoms with E-state index in [2.05, 4.69) is 47.2 Å². The maximum atomic E-state index is 11.5. The van der Waals surface area contributed by atoms with Gasteiger partial charge in [-0.3, -0.25) is 4.79 Å². The molecule has 1 aliphatic heterocycles. The van der Waals surface area contributed by atoms with E-state index in [9.17, 15) is 15.0 Å². The van der Waals surface area contributed by atoms with Crippen LogP contribution in [0.4, 0.5) is 5.69 Å². The number of hydrogen-bond acceptors (Lipinski definition) is 4. The zero-order valence-electron chi connectivity index (χ0n) is 15.5. The molecule has 0 spiro atoms. The highest BCUT2D eigenvalue weighted by Crippen LogP contribution is 2.41. The number of anilines is 1. The van der Waals surface area contributed by atoms with Gasteiger partial charge in [-0.25, -0.2) is 0 Å². The van der Waals surface area contributed by atoms with Crippen molar-refractivity contribution in [3.8, 4) is 11.5 Å². The Hall–Kier alpha value is -2.05. The van der Waals surface area contributed by atoms with Crippen molar-refractivity contribution in [3.05, 3.63) is 52.0 Å². The number of aromatic hydroxyl groups is 1. The number of aliphatic hydroxyl groups excluding tert-OH is 1. The van der Waals surface area contributed by atoms with E-state index in [4.69, 9.17) is 4.74 Å². The second kappa shape index (κ2) is 7.90. The number of carbonyl (C=O) groups is 1. The predicted octanol–water partition coefficient (Wildman–Crippen LogP) is 4.57. The van der Waals surface area contributed by atoms with Crippen molar-refractivity contribution in [2.24, 2.45) is 5.41 Å². The average molecular weight is 434 g/mol. The van der Waals surface area contributed by atoms with Crippen molar-refractivity contribution in [1.82, 2.24) is 0 Å². The van der Waals surface area contributed by atoms with Crippen LogP contribution in [0.25, 0.3) is 0 Å². The van der Waals surface area contributed by atoms with Crippen LogP contribution in [0.2, 0.25) is 0 Å². The minimum atomic E-state index is -0.787.